The smallest absolute Gasteiger partial charge is 0.0906 e. The fraction of sp³-hybridized carbons (Fsp3) is 0.750. The van der Waals surface area contributed by atoms with Gasteiger partial charge in [0.15, 0.2) is 0 Å². The molecule has 10 heavy (non-hydrogen) atoms. The van der Waals surface area contributed by atoms with Gasteiger partial charge >= 0.3 is 0 Å². The molecule has 0 aliphatic heterocycles. The number of halogens is 1. The van der Waals surface area contributed by atoms with Gasteiger partial charge in [0.1, 0.15) is 0 Å². The van der Waals surface area contributed by atoms with Crippen LogP contribution in [0.1, 0.15) is 19.8 Å². The number of hydrogen-bond donors (Lipinski definition) is 1. The molecule has 0 aromatic heterocycles. The summed E-state index contributed by atoms with van der Waals surface area (Å²) in [6.07, 6.45) is 6.36. The van der Waals surface area contributed by atoms with Crippen LogP contribution in [0.2, 0.25) is 0 Å². The predicted molar refractivity (Wildman–Crippen MR) is 41.5 cm³/mol. The van der Waals surface area contributed by atoms with E-state index in [9.17, 15) is 4.39 Å². The van der Waals surface area contributed by atoms with Crippen LogP contribution in [0.4, 0.5) is 4.39 Å². The molecule has 0 aromatic rings. The molecule has 0 saturated heterocycles. The third kappa shape index (κ3) is 5.58. The Bertz CT molecular complexity index is 106. The van der Waals surface area contributed by atoms with Crippen molar-refractivity contribution >= 4 is 0 Å². The third-order valence-corrected chi connectivity index (χ3v) is 1.23. The fourth-order valence-electron chi connectivity index (χ4n) is 0.664. The molecule has 2 heteroatoms. The topological polar surface area (TPSA) is 12.0 Å². The number of rotatable bonds is 5. The Kier molecular flexibility index (Phi) is 6.21. The molecule has 0 rings (SSSR count). The SMILES string of the molecule is C#CCC(C)NCCCF. The van der Waals surface area contributed by atoms with Crippen LogP contribution in [0.5, 0.6) is 0 Å². The summed E-state index contributed by atoms with van der Waals surface area (Å²) in [5, 5.41) is 3.10. The molecule has 1 atom stereocenters. The first-order valence-corrected chi connectivity index (χ1v) is 3.54. The van der Waals surface area contributed by atoms with Gasteiger partial charge in [-0.25, -0.2) is 0 Å². The molecule has 0 bridgehead atoms. The lowest BCUT2D eigenvalue weighted by Crippen LogP contribution is -2.26. The Morgan fingerprint density at radius 3 is 2.90 bits per heavy atom. The van der Waals surface area contributed by atoms with Gasteiger partial charge < -0.3 is 5.32 Å². The summed E-state index contributed by atoms with van der Waals surface area (Å²) < 4.78 is 11.5. The van der Waals surface area contributed by atoms with Crippen LogP contribution >= 0.6 is 0 Å². The lowest BCUT2D eigenvalue weighted by molar-refractivity contribution is 0.444. The minimum absolute atomic E-state index is 0.254. The summed E-state index contributed by atoms with van der Waals surface area (Å²) in [6.45, 7) is 2.47. The highest BCUT2D eigenvalue weighted by atomic mass is 19.1. The van der Waals surface area contributed by atoms with E-state index >= 15 is 0 Å². The largest absolute Gasteiger partial charge is 0.313 e. The van der Waals surface area contributed by atoms with E-state index in [-0.39, 0.29) is 6.67 Å². The molecule has 1 unspecified atom stereocenters. The first-order chi connectivity index (χ1) is 4.81. The van der Waals surface area contributed by atoms with Crippen molar-refractivity contribution in [1.29, 1.82) is 0 Å². The molecule has 0 aromatic carbocycles. The molecule has 1 nitrogen and oxygen atoms in total. The molecular formula is C8H14FN. The average Bonchev–Trinajstić information content (AvgIpc) is 1.89. The van der Waals surface area contributed by atoms with Crippen LogP contribution in [-0.2, 0) is 0 Å². The van der Waals surface area contributed by atoms with E-state index < -0.39 is 0 Å². The van der Waals surface area contributed by atoms with Gasteiger partial charge in [0, 0.05) is 12.5 Å². The van der Waals surface area contributed by atoms with Crippen molar-refractivity contribution < 1.29 is 4.39 Å². The Balaban J connectivity index is 3.06. The van der Waals surface area contributed by atoms with Crippen molar-refractivity contribution in [3.8, 4) is 12.3 Å². The maximum atomic E-state index is 11.5. The van der Waals surface area contributed by atoms with Crippen LogP contribution in [0.15, 0.2) is 0 Å². The molecular weight excluding hydrogens is 129 g/mol. The van der Waals surface area contributed by atoms with E-state index in [1.165, 1.54) is 0 Å². The molecule has 58 valence electrons. The summed E-state index contributed by atoms with van der Waals surface area (Å²) in [6, 6.07) is 0.316. The van der Waals surface area contributed by atoms with Crippen molar-refractivity contribution in [2.24, 2.45) is 0 Å². The zero-order valence-corrected chi connectivity index (χ0v) is 6.36. The predicted octanol–water partition coefficient (Wildman–Crippen LogP) is 1.35. The number of alkyl halides is 1. The van der Waals surface area contributed by atoms with Crippen LogP contribution in [0.3, 0.4) is 0 Å². The van der Waals surface area contributed by atoms with E-state index in [1.807, 2.05) is 6.92 Å². The fourth-order valence-corrected chi connectivity index (χ4v) is 0.664. The highest BCUT2D eigenvalue weighted by Crippen LogP contribution is 1.87. The highest BCUT2D eigenvalue weighted by Gasteiger charge is 1.95. The zero-order chi connectivity index (χ0) is 7.82. The van der Waals surface area contributed by atoms with Gasteiger partial charge in [-0.15, -0.1) is 12.3 Å². The molecule has 0 amide bonds. The standard InChI is InChI=1S/C8H14FN/c1-3-5-8(2)10-7-4-6-9/h1,8,10H,4-7H2,2H3. The summed E-state index contributed by atoms with van der Waals surface area (Å²) in [5.74, 6) is 2.54. The van der Waals surface area contributed by atoms with Crippen LogP contribution < -0.4 is 5.32 Å². The lowest BCUT2D eigenvalue weighted by atomic mass is 10.2. The van der Waals surface area contributed by atoms with E-state index in [0.717, 1.165) is 6.54 Å². The summed E-state index contributed by atoms with van der Waals surface area (Å²) in [7, 11) is 0. The second-order valence-electron chi connectivity index (χ2n) is 2.31. The molecule has 0 heterocycles. The number of hydrogen-bond acceptors (Lipinski definition) is 1. The van der Waals surface area contributed by atoms with Gasteiger partial charge in [0.2, 0.25) is 0 Å². The summed E-state index contributed by atoms with van der Waals surface area (Å²) >= 11 is 0. The average molecular weight is 143 g/mol. The van der Waals surface area contributed by atoms with Gasteiger partial charge in [-0.05, 0) is 19.9 Å². The van der Waals surface area contributed by atoms with Crippen molar-refractivity contribution in [2.45, 2.75) is 25.8 Å². The quantitative estimate of drug-likeness (QED) is 0.452. The van der Waals surface area contributed by atoms with Gasteiger partial charge in [0.25, 0.3) is 0 Å². The van der Waals surface area contributed by atoms with Gasteiger partial charge in [0.05, 0.1) is 6.67 Å². The van der Waals surface area contributed by atoms with E-state index in [2.05, 4.69) is 11.2 Å². The van der Waals surface area contributed by atoms with Crippen molar-refractivity contribution in [3.05, 3.63) is 0 Å². The van der Waals surface area contributed by atoms with E-state index in [4.69, 9.17) is 6.42 Å². The molecule has 1 N–H and O–H groups in total. The molecule has 0 radical (unpaired) electrons. The highest BCUT2D eigenvalue weighted by molar-refractivity contribution is 4.87. The second-order valence-corrected chi connectivity index (χ2v) is 2.31. The molecule has 0 aliphatic carbocycles. The minimum atomic E-state index is -0.254. The minimum Gasteiger partial charge on any atom is -0.313 e. The van der Waals surface area contributed by atoms with E-state index in [1.54, 1.807) is 0 Å². The van der Waals surface area contributed by atoms with Crippen LogP contribution in [0.25, 0.3) is 0 Å². The monoisotopic (exact) mass is 143 g/mol. The number of nitrogens with one attached hydrogen (secondary N) is 1. The lowest BCUT2D eigenvalue weighted by Gasteiger charge is -2.08. The maximum absolute atomic E-state index is 11.5. The van der Waals surface area contributed by atoms with Gasteiger partial charge in [-0.2, -0.15) is 0 Å². The Morgan fingerprint density at radius 1 is 1.70 bits per heavy atom. The molecule has 0 spiro atoms. The van der Waals surface area contributed by atoms with Crippen molar-refractivity contribution in [3.63, 3.8) is 0 Å². The Labute approximate surface area is 62.0 Å². The Morgan fingerprint density at radius 2 is 2.40 bits per heavy atom. The zero-order valence-electron chi connectivity index (χ0n) is 6.36. The Hall–Kier alpha value is -0.550. The third-order valence-electron chi connectivity index (χ3n) is 1.23. The van der Waals surface area contributed by atoms with Crippen LogP contribution in [0, 0.1) is 12.3 Å². The molecule has 0 fully saturated rings. The van der Waals surface area contributed by atoms with Gasteiger partial charge in [-0.3, -0.25) is 4.39 Å². The van der Waals surface area contributed by atoms with Gasteiger partial charge in [-0.1, -0.05) is 0 Å². The second kappa shape index (κ2) is 6.57. The number of terminal acetylenes is 1. The first kappa shape index (κ1) is 9.45. The summed E-state index contributed by atoms with van der Waals surface area (Å²) in [5.41, 5.74) is 0. The van der Waals surface area contributed by atoms with Crippen molar-refractivity contribution in [1.82, 2.24) is 5.32 Å². The molecule has 0 saturated carbocycles. The first-order valence-electron chi connectivity index (χ1n) is 3.54. The van der Waals surface area contributed by atoms with Crippen molar-refractivity contribution in [2.75, 3.05) is 13.2 Å². The maximum Gasteiger partial charge on any atom is 0.0906 e. The molecule has 0 aliphatic rings. The van der Waals surface area contributed by atoms with E-state index in [0.29, 0.717) is 18.9 Å². The summed E-state index contributed by atoms with van der Waals surface area (Å²) in [4.78, 5) is 0. The normalized spacial score (nSPS) is 12.5. The van der Waals surface area contributed by atoms with Crippen LogP contribution in [-0.4, -0.2) is 19.3 Å².